The smallest absolute Gasteiger partial charge is 0.410 e. The van der Waals surface area contributed by atoms with E-state index in [0.29, 0.717) is 43.8 Å². The van der Waals surface area contributed by atoms with Gasteiger partial charge in [0.25, 0.3) is 5.91 Å². The van der Waals surface area contributed by atoms with E-state index in [2.05, 4.69) is 23.4 Å². The third-order valence-electron chi connectivity index (χ3n) is 5.28. The standard InChI is InChI=1S/C17H26N4O3S/c1-4-6-12(3)21-11-17(24-16(21)23)7-9-20(10-8-17)15(22)14-13(5-2)18-19-25-14/h12H,4-11H2,1-3H3. The third kappa shape index (κ3) is 3.49. The molecule has 1 atom stereocenters. The highest BCUT2D eigenvalue weighted by molar-refractivity contribution is 7.08. The number of amides is 2. The van der Waals surface area contributed by atoms with Crippen molar-refractivity contribution in [3.05, 3.63) is 10.6 Å². The average Bonchev–Trinajstić information content (AvgIpc) is 3.20. The van der Waals surface area contributed by atoms with Gasteiger partial charge in [-0.05, 0) is 31.3 Å². The summed E-state index contributed by atoms with van der Waals surface area (Å²) in [6.45, 7) is 8.01. The van der Waals surface area contributed by atoms with Crippen LogP contribution in [0.1, 0.15) is 61.8 Å². The van der Waals surface area contributed by atoms with Gasteiger partial charge in [0.05, 0.1) is 12.2 Å². The van der Waals surface area contributed by atoms with Crippen LogP contribution < -0.4 is 0 Å². The van der Waals surface area contributed by atoms with Crippen molar-refractivity contribution in [2.45, 2.75) is 64.5 Å². The van der Waals surface area contributed by atoms with Gasteiger partial charge >= 0.3 is 6.09 Å². The zero-order chi connectivity index (χ0) is 18.0. The molecule has 1 spiro atoms. The molecule has 8 heteroatoms. The summed E-state index contributed by atoms with van der Waals surface area (Å²) in [6, 6.07) is 0.201. The first-order valence-corrected chi connectivity index (χ1v) is 9.87. The predicted octanol–water partition coefficient (Wildman–Crippen LogP) is 2.72. The quantitative estimate of drug-likeness (QED) is 0.801. The van der Waals surface area contributed by atoms with Gasteiger partial charge in [-0.3, -0.25) is 4.79 Å². The number of ether oxygens (including phenoxy) is 1. The van der Waals surface area contributed by atoms with Gasteiger partial charge in [0.15, 0.2) is 0 Å². The molecule has 2 aliphatic rings. The van der Waals surface area contributed by atoms with Gasteiger partial charge in [-0.1, -0.05) is 24.8 Å². The number of rotatable bonds is 5. The summed E-state index contributed by atoms with van der Waals surface area (Å²) in [5.41, 5.74) is 0.331. The third-order valence-corrected chi connectivity index (χ3v) is 6.04. The lowest BCUT2D eigenvalue weighted by molar-refractivity contribution is 0.00318. The highest BCUT2D eigenvalue weighted by Crippen LogP contribution is 2.35. The van der Waals surface area contributed by atoms with Crippen molar-refractivity contribution in [3.8, 4) is 0 Å². The topological polar surface area (TPSA) is 75.6 Å². The van der Waals surface area contributed by atoms with Crippen LogP contribution in [0.15, 0.2) is 0 Å². The number of hydrogen-bond donors (Lipinski definition) is 0. The number of hydrogen-bond acceptors (Lipinski definition) is 6. The van der Waals surface area contributed by atoms with Crippen molar-refractivity contribution in [2.75, 3.05) is 19.6 Å². The summed E-state index contributed by atoms with van der Waals surface area (Å²) in [6.07, 6.45) is 3.90. The zero-order valence-corrected chi connectivity index (χ0v) is 16.0. The summed E-state index contributed by atoms with van der Waals surface area (Å²) in [5, 5.41) is 4.02. The van der Waals surface area contributed by atoms with Crippen LogP contribution in [0.5, 0.6) is 0 Å². The molecule has 0 aliphatic carbocycles. The Morgan fingerprint density at radius 2 is 2.08 bits per heavy atom. The second-order valence-corrected chi connectivity index (χ2v) is 7.77. The van der Waals surface area contributed by atoms with E-state index in [1.807, 2.05) is 16.7 Å². The first-order chi connectivity index (χ1) is 12.0. The number of carbonyl (C=O) groups is 2. The van der Waals surface area contributed by atoms with Crippen molar-refractivity contribution in [1.29, 1.82) is 0 Å². The minimum atomic E-state index is -0.435. The summed E-state index contributed by atoms with van der Waals surface area (Å²) in [4.78, 5) is 29.3. The molecule has 2 saturated heterocycles. The van der Waals surface area contributed by atoms with Crippen molar-refractivity contribution in [2.24, 2.45) is 0 Å². The number of carbonyl (C=O) groups excluding carboxylic acids is 2. The van der Waals surface area contributed by atoms with E-state index < -0.39 is 5.60 Å². The minimum absolute atomic E-state index is 0.00207. The van der Waals surface area contributed by atoms with Gasteiger partial charge in [-0.15, -0.1) is 5.10 Å². The van der Waals surface area contributed by atoms with E-state index >= 15 is 0 Å². The molecule has 0 saturated carbocycles. The van der Waals surface area contributed by atoms with E-state index in [1.54, 1.807) is 0 Å². The zero-order valence-electron chi connectivity index (χ0n) is 15.2. The first kappa shape index (κ1) is 18.1. The van der Waals surface area contributed by atoms with E-state index in [4.69, 9.17) is 4.74 Å². The summed E-state index contributed by atoms with van der Waals surface area (Å²) >= 11 is 1.16. The Morgan fingerprint density at radius 1 is 1.36 bits per heavy atom. The number of nitrogens with zero attached hydrogens (tertiary/aromatic N) is 4. The van der Waals surface area contributed by atoms with Crippen LogP contribution in [-0.4, -0.2) is 62.7 Å². The van der Waals surface area contributed by atoms with Crippen LogP contribution in [0.2, 0.25) is 0 Å². The summed E-state index contributed by atoms with van der Waals surface area (Å²) in [7, 11) is 0. The van der Waals surface area contributed by atoms with Crippen LogP contribution in [0.4, 0.5) is 4.79 Å². The number of likely N-dealkylation sites (tertiary alicyclic amines) is 1. The molecule has 138 valence electrons. The van der Waals surface area contributed by atoms with Gasteiger partial charge in [-0.2, -0.15) is 0 Å². The molecule has 0 radical (unpaired) electrons. The van der Waals surface area contributed by atoms with E-state index in [9.17, 15) is 9.59 Å². The van der Waals surface area contributed by atoms with Gasteiger partial charge in [0.1, 0.15) is 10.5 Å². The monoisotopic (exact) mass is 366 g/mol. The van der Waals surface area contributed by atoms with Crippen molar-refractivity contribution < 1.29 is 14.3 Å². The van der Waals surface area contributed by atoms with Crippen molar-refractivity contribution in [1.82, 2.24) is 19.4 Å². The maximum absolute atomic E-state index is 12.7. The molecular weight excluding hydrogens is 340 g/mol. The molecule has 0 bridgehead atoms. The minimum Gasteiger partial charge on any atom is -0.441 e. The van der Waals surface area contributed by atoms with Crippen LogP contribution in [0, 0.1) is 0 Å². The molecule has 3 heterocycles. The lowest BCUT2D eigenvalue weighted by atomic mass is 9.90. The van der Waals surface area contributed by atoms with Gasteiger partial charge < -0.3 is 14.5 Å². The van der Waals surface area contributed by atoms with Crippen LogP contribution in [0.25, 0.3) is 0 Å². The maximum atomic E-state index is 12.7. The molecule has 1 aromatic heterocycles. The van der Waals surface area contributed by atoms with Crippen LogP contribution in [-0.2, 0) is 11.2 Å². The Bertz CT molecular complexity index is 640. The SMILES string of the molecule is CCCC(C)N1CC2(CCN(C(=O)c3snnc3CC)CC2)OC1=O. The lowest BCUT2D eigenvalue weighted by Gasteiger charge is -2.37. The maximum Gasteiger partial charge on any atom is 0.410 e. The molecule has 3 rings (SSSR count). The van der Waals surface area contributed by atoms with E-state index in [0.717, 1.165) is 30.1 Å². The van der Waals surface area contributed by atoms with Crippen LogP contribution in [0.3, 0.4) is 0 Å². The number of aromatic nitrogens is 2. The second-order valence-electron chi connectivity index (χ2n) is 7.01. The molecule has 0 aromatic carbocycles. The molecule has 2 aliphatic heterocycles. The molecule has 25 heavy (non-hydrogen) atoms. The lowest BCUT2D eigenvalue weighted by Crippen LogP contribution is -2.49. The van der Waals surface area contributed by atoms with Crippen LogP contribution >= 0.6 is 11.5 Å². The Kier molecular flexibility index (Phi) is 5.27. The number of aryl methyl sites for hydroxylation is 1. The number of piperidine rings is 1. The Labute approximate surface area is 152 Å². The van der Waals surface area contributed by atoms with Gasteiger partial charge in [-0.25, -0.2) is 4.79 Å². The first-order valence-electron chi connectivity index (χ1n) is 9.09. The fourth-order valence-electron chi connectivity index (χ4n) is 3.68. The Hall–Kier alpha value is -1.70. The van der Waals surface area contributed by atoms with E-state index in [-0.39, 0.29) is 18.0 Å². The molecule has 1 unspecified atom stereocenters. The van der Waals surface area contributed by atoms with Crippen molar-refractivity contribution >= 4 is 23.5 Å². The molecule has 7 nitrogen and oxygen atoms in total. The molecule has 2 fully saturated rings. The fourth-order valence-corrected chi connectivity index (χ4v) is 4.40. The highest BCUT2D eigenvalue weighted by atomic mass is 32.1. The fraction of sp³-hybridized carbons (Fsp3) is 0.765. The predicted molar refractivity (Wildman–Crippen MR) is 94.7 cm³/mol. The molecule has 2 amide bonds. The van der Waals surface area contributed by atoms with E-state index in [1.165, 1.54) is 0 Å². The largest absolute Gasteiger partial charge is 0.441 e. The average molecular weight is 366 g/mol. The Balaban J connectivity index is 1.62. The summed E-state index contributed by atoms with van der Waals surface area (Å²) in [5.74, 6) is 0.00207. The van der Waals surface area contributed by atoms with Gasteiger partial charge in [0, 0.05) is 32.0 Å². The molecule has 1 aromatic rings. The second kappa shape index (κ2) is 7.27. The highest BCUT2D eigenvalue weighted by Gasteiger charge is 2.48. The molecule has 0 N–H and O–H groups in total. The normalized spacial score (nSPS) is 20.8. The Morgan fingerprint density at radius 3 is 2.72 bits per heavy atom. The van der Waals surface area contributed by atoms with Gasteiger partial charge in [0.2, 0.25) is 0 Å². The summed E-state index contributed by atoms with van der Waals surface area (Å²) < 4.78 is 9.67. The molecular formula is C17H26N4O3S. The van der Waals surface area contributed by atoms with Crippen molar-refractivity contribution in [3.63, 3.8) is 0 Å².